The predicted octanol–water partition coefficient (Wildman–Crippen LogP) is 3.88. The summed E-state index contributed by atoms with van der Waals surface area (Å²) in [5.74, 6) is 1.37. The van der Waals surface area contributed by atoms with Crippen molar-refractivity contribution >= 4 is 32.8 Å². The van der Waals surface area contributed by atoms with E-state index in [2.05, 4.69) is 37.2 Å². The minimum atomic E-state index is -3.48. The number of nitrogens with one attached hydrogen (secondary N) is 1. The highest BCUT2D eigenvalue weighted by molar-refractivity contribution is 7.90. The minimum absolute atomic E-state index is 0.0705. The summed E-state index contributed by atoms with van der Waals surface area (Å²) in [6, 6.07) is 13.6. The first-order valence-corrected chi connectivity index (χ1v) is 12.9. The van der Waals surface area contributed by atoms with Crippen LogP contribution < -0.4 is 19.9 Å². The summed E-state index contributed by atoms with van der Waals surface area (Å²) in [5.41, 5.74) is 1.29. The lowest BCUT2D eigenvalue weighted by molar-refractivity contribution is 0.242. The van der Waals surface area contributed by atoms with Gasteiger partial charge in [-0.3, -0.25) is 0 Å². The quantitative estimate of drug-likeness (QED) is 0.540. The van der Waals surface area contributed by atoms with Crippen molar-refractivity contribution in [1.29, 1.82) is 0 Å². The molecule has 1 fully saturated rings. The molecule has 0 saturated carbocycles. The molecule has 10 heteroatoms. The zero-order valence-corrected chi connectivity index (χ0v) is 20.2. The lowest BCUT2D eigenvalue weighted by Crippen LogP contribution is -2.46. The average molecular weight is 486 g/mol. The maximum Gasteiger partial charge on any atom is 0.175 e. The Balaban J connectivity index is 1.39. The van der Waals surface area contributed by atoms with Gasteiger partial charge in [-0.1, -0.05) is 0 Å². The summed E-state index contributed by atoms with van der Waals surface area (Å²) in [5, 5.41) is 2.91. The normalized spacial score (nSPS) is 14.4. The second kappa shape index (κ2) is 9.84. The van der Waals surface area contributed by atoms with Crippen LogP contribution in [0.4, 0.5) is 27.4 Å². The van der Waals surface area contributed by atoms with Gasteiger partial charge >= 0.3 is 0 Å². The van der Waals surface area contributed by atoms with Crippen LogP contribution in [0.3, 0.4) is 0 Å². The Morgan fingerprint density at radius 3 is 2.26 bits per heavy atom. The smallest absolute Gasteiger partial charge is 0.175 e. The van der Waals surface area contributed by atoms with Crippen LogP contribution in [-0.4, -0.2) is 56.9 Å². The molecule has 2 aromatic carbocycles. The van der Waals surface area contributed by atoms with Crippen molar-refractivity contribution in [3.63, 3.8) is 0 Å². The van der Waals surface area contributed by atoms with E-state index < -0.39 is 15.7 Å². The van der Waals surface area contributed by atoms with E-state index in [0.717, 1.165) is 55.8 Å². The Morgan fingerprint density at radius 2 is 1.65 bits per heavy atom. The molecular formula is C24H28FN5O3S. The minimum Gasteiger partial charge on any atom is -0.491 e. The number of nitrogens with zero attached hydrogens (tertiary/aromatic N) is 4. The van der Waals surface area contributed by atoms with Gasteiger partial charge in [0.25, 0.3) is 0 Å². The maximum atomic E-state index is 14.4. The Labute approximate surface area is 199 Å². The van der Waals surface area contributed by atoms with E-state index in [4.69, 9.17) is 4.74 Å². The fraction of sp³-hybridized carbons (Fsp3) is 0.333. The molecule has 0 aliphatic carbocycles. The van der Waals surface area contributed by atoms with Gasteiger partial charge in [0.05, 0.1) is 16.7 Å². The molecule has 1 saturated heterocycles. The van der Waals surface area contributed by atoms with Crippen molar-refractivity contribution in [3.05, 3.63) is 60.7 Å². The van der Waals surface area contributed by atoms with Gasteiger partial charge in [-0.15, -0.1) is 0 Å². The van der Waals surface area contributed by atoms with E-state index in [1.54, 1.807) is 6.07 Å². The lowest BCUT2D eigenvalue weighted by Gasteiger charge is -2.36. The largest absolute Gasteiger partial charge is 0.491 e. The Kier molecular flexibility index (Phi) is 6.87. The second-order valence-corrected chi connectivity index (χ2v) is 10.5. The monoisotopic (exact) mass is 485 g/mol. The molecule has 8 nitrogen and oxygen atoms in total. The molecule has 180 valence electrons. The van der Waals surface area contributed by atoms with E-state index >= 15 is 0 Å². The Morgan fingerprint density at radius 1 is 0.971 bits per heavy atom. The van der Waals surface area contributed by atoms with Gasteiger partial charge < -0.3 is 19.9 Å². The third kappa shape index (κ3) is 5.74. The van der Waals surface area contributed by atoms with E-state index in [1.165, 1.54) is 18.5 Å². The number of ether oxygens (including phenoxy) is 1. The van der Waals surface area contributed by atoms with Crippen molar-refractivity contribution < 1.29 is 17.5 Å². The van der Waals surface area contributed by atoms with Crippen molar-refractivity contribution in [2.24, 2.45) is 0 Å². The SMILES string of the molecule is CC(C)Oc1ccc(N2CCN(c3cc(Nc4ccc(S(C)(=O)=O)cc4F)ncn3)CC2)cc1. The van der Waals surface area contributed by atoms with Crippen LogP contribution in [0.15, 0.2) is 59.8 Å². The third-order valence-corrected chi connectivity index (χ3v) is 6.57. The van der Waals surface area contributed by atoms with E-state index in [-0.39, 0.29) is 16.7 Å². The Hall–Kier alpha value is -3.40. The highest BCUT2D eigenvalue weighted by atomic mass is 32.2. The zero-order valence-electron chi connectivity index (χ0n) is 19.4. The molecule has 1 aliphatic heterocycles. The molecule has 0 spiro atoms. The zero-order chi connectivity index (χ0) is 24.3. The first-order valence-electron chi connectivity index (χ1n) is 11.0. The topological polar surface area (TPSA) is 87.7 Å². The van der Waals surface area contributed by atoms with Crippen LogP contribution in [0.5, 0.6) is 5.75 Å². The summed E-state index contributed by atoms with van der Waals surface area (Å²) in [4.78, 5) is 13.0. The van der Waals surface area contributed by atoms with Gasteiger partial charge in [-0.05, 0) is 56.3 Å². The molecule has 4 rings (SSSR count). The van der Waals surface area contributed by atoms with Gasteiger partial charge in [0.1, 0.15) is 29.5 Å². The molecule has 1 N–H and O–H groups in total. The second-order valence-electron chi connectivity index (χ2n) is 8.43. The van der Waals surface area contributed by atoms with Crippen molar-refractivity contribution in [2.45, 2.75) is 24.8 Å². The number of benzene rings is 2. The van der Waals surface area contributed by atoms with E-state index in [1.807, 2.05) is 26.0 Å². The van der Waals surface area contributed by atoms with Gasteiger partial charge in [-0.25, -0.2) is 22.8 Å². The summed E-state index contributed by atoms with van der Waals surface area (Å²) in [6.45, 7) is 7.23. The van der Waals surface area contributed by atoms with Crippen molar-refractivity contribution in [1.82, 2.24) is 9.97 Å². The molecule has 2 heterocycles. The number of anilines is 4. The molecule has 34 heavy (non-hydrogen) atoms. The number of rotatable bonds is 7. The average Bonchev–Trinajstić information content (AvgIpc) is 2.80. The first-order chi connectivity index (χ1) is 16.2. The van der Waals surface area contributed by atoms with Crippen molar-refractivity contribution in [3.8, 4) is 5.75 Å². The molecule has 0 bridgehead atoms. The highest BCUT2D eigenvalue weighted by Crippen LogP contribution is 2.25. The maximum absolute atomic E-state index is 14.4. The molecular weight excluding hydrogens is 457 g/mol. The molecule has 0 radical (unpaired) electrons. The standard InChI is InChI=1S/C24H28FN5O3S/c1-17(2)33-19-6-4-18(5-7-19)29-10-12-30(13-11-29)24-15-23(26-16-27-24)28-22-9-8-20(14-21(22)25)34(3,31)32/h4-9,14-17H,10-13H2,1-3H3,(H,26,27,28). The van der Waals surface area contributed by atoms with Gasteiger partial charge in [0.2, 0.25) is 0 Å². The van der Waals surface area contributed by atoms with Crippen molar-refractivity contribution in [2.75, 3.05) is 47.6 Å². The summed E-state index contributed by atoms with van der Waals surface area (Å²) >= 11 is 0. The van der Waals surface area contributed by atoms with Crippen LogP contribution in [-0.2, 0) is 9.84 Å². The highest BCUT2D eigenvalue weighted by Gasteiger charge is 2.19. The summed E-state index contributed by atoms with van der Waals surface area (Å²) in [7, 11) is -3.48. The molecule has 3 aromatic rings. The van der Waals surface area contributed by atoms with Gasteiger partial charge in [0, 0.05) is 44.2 Å². The molecule has 0 unspecified atom stereocenters. The van der Waals surface area contributed by atoms with Crippen LogP contribution in [0.25, 0.3) is 0 Å². The fourth-order valence-electron chi connectivity index (χ4n) is 3.76. The van der Waals surface area contributed by atoms with E-state index in [9.17, 15) is 12.8 Å². The Bertz CT molecular complexity index is 1240. The number of hydrogen-bond donors (Lipinski definition) is 1. The molecule has 0 atom stereocenters. The first kappa shape index (κ1) is 23.7. The number of aromatic nitrogens is 2. The van der Waals surface area contributed by atoms with Gasteiger partial charge in [-0.2, -0.15) is 0 Å². The number of sulfone groups is 1. The van der Waals surface area contributed by atoms with Crippen LogP contribution >= 0.6 is 0 Å². The van der Waals surface area contributed by atoms with Gasteiger partial charge in [0.15, 0.2) is 9.84 Å². The number of hydrogen-bond acceptors (Lipinski definition) is 8. The summed E-state index contributed by atoms with van der Waals surface area (Å²) in [6.07, 6.45) is 2.62. The lowest BCUT2D eigenvalue weighted by atomic mass is 10.2. The fourth-order valence-corrected chi connectivity index (χ4v) is 4.39. The number of piperazine rings is 1. The number of halogens is 1. The van der Waals surface area contributed by atoms with Crippen LogP contribution in [0.1, 0.15) is 13.8 Å². The predicted molar refractivity (Wildman–Crippen MR) is 131 cm³/mol. The van der Waals surface area contributed by atoms with Crippen LogP contribution in [0.2, 0.25) is 0 Å². The molecule has 0 amide bonds. The molecule has 1 aliphatic rings. The summed E-state index contributed by atoms with van der Waals surface area (Å²) < 4.78 is 43.4. The molecule has 1 aromatic heterocycles. The third-order valence-electron chi connectivity index (χ3n) is 5.46. The van der Waals surface area contributed by atoms with Crippen LogP contribution in [0, 0.1) is 5.82 Å². The van der Waals surface area contributed by atoms with E-state index in [0.29, 0.717) is 5.82 Å².